The first-order chi connectivity index (χ1) is 9.59. The molecule has 5 heteroatoms. The molecule has 0 fully saturated rings. The van der Waals surface area contributed by atoms with Gasteiger partial charge in [0.15, 0.2) is 4.96 Å². The van der Waals surface area contributed by atoms with Gasteiger partial charge in [-0.3, -0.25) is 4.40 Å². The topological polar surface area (TPSA) is 38.6 Å². The maximum Gasteiger partial charge on any atom is 0.194 e. The van der Waals surface area contributed by atoms with E-state index in [9.17, 15) is 0 Å². The molecule has 0 aliphatic heterocycles. The van der Waals surface area contributed by atoms with Crippen LogP contribution in [0.4, 0.5) is 0 Å². The number of rotatable bonds is 8. The second kappa shape index (κ2) is 7.20. The molecule has 112 valence electrons. The number of nitrogens with zero attached hydrogens (tertiary/aromatic N) is 2. The lowest BCUT2D eigenvalue weighted by Gasteiger charge is -2.08. The van der Waals surface area contributed by atoms with Crippen molar-refractivity contribution < 1.29 is 4.74 Å². The van der Waals surface area contributed by atoms with Gasteiger partial charge in [0.2, 0.25) is 0 Å². The third-order valence-electron chi connectivity index (χ3n) is 3.22. The van der Waals surface area contributed by atoms with Gasteiger partial charge in [0.1, 0.15) is 0 Å². The van der Waals surface area contributed by atoms with E-state index in [-0.39, 0.29) is 0 Å². The minimum absolute atomic E-state index is 0.618. The van der Waals surface area contributed by atoms with Crippen LogP contribution in [-0.2, 0) is 11.3 Å². The Morgan fingerprint density at radius 2 is 2.20 bits per heavy atom. The van der Waals surface area contributed by atoms with Crippen LogP contribution < -0.4 is 5.32 Å². The second-order valence-corrected chi connectivity index (χ2v) is 6.47. The van der Waals surface area contributed by atoms with E-state index in [0.717, 1.165) is 43.4 Å². The van der Waals surface area contributed by atoms with Crippen molar-refractivity contribution in [2.45, 2.75) is 40.7 Å². The van der Waals surface area contributed by atoms with Crippen LogP contribution in [0.2, 0.25) is 0 Å². The highest BCUT2D eigenvalue weighted by Crippen LogP contribution is 2.20. The lowest BCUT2D eigenvalue weighted by atomic mass is 10.2. The van der Waals surface area contributed by atoms with Gasteiger partial charge in [-0.2, -0.15) is 0 Å². The number of thiazole rings is 1. The van der Waals surface area contributed by atoms with Gasteiger partial charge in [-0.15, -0.1) is 11.3 Å². The van der Waals surface area contributed by atoms with Crippen molar-refractivity contribution in [1.82, 2.24) is 14.7 Å². The van der Waals surface area contributed by atoms with Crippen LogP contribution in [0.25, 0.3) is 4.96 Å². The zero-order chi connectivity index (χ0) is 14.5. The number of aromatic nitrogens is 2. The van der Waals surface area contributed by atoms with Crippen LogP contribution in [0.3, 0.4) is 0 Å². The third kappa shape index (κ3) is 3.81. The first kappa shape index (κ1) is 15.5. The van der Waals surface area contributed by atoms with Crippen LogP contribution in [-0.4, -0.2) is 29.1 Å². The fourth-order valence-electron chi connectivity index (χ4n) is 2.20. The molecule has 0 unspecified atom stereocenters. The van der Waals surface area contributed by atoms with Crippen molar-refractivity contribution >= 4 is 16.3 Å². The molecule has 0 aliphatic rings. The zero-order valence-corrected chi connectivity index (χ0v) is 13.7. The van der Waals surface area contributed by atoms with E-state index in [4.69, 9.17) is 4.74 Å². The molecule has 0 saturated heterocycles. The molecule has 1 N–H and O–H groups in total. The second-order valence-electron chi connectivity index (χ2n) is 5.64. The van der Waals surface area contributed by atoms with Gasteiger partial charge < -0.3 is 10.1 Å². The molecule has 0 aliphatic carbocycles. The van der Waals surface area contributed by atoms with Crippen molar-refractivity contribution in [1.29, 1.82) is 0 Å². The molecular weight excluding hydrogens is 270 g/mol. The van der Waals surface area contributed by atoms with Crippen molar-refractivity contribution in [3.8, 4) is 0 Å². The third-order valence-corrected chi connectivity index (χ3v) is 4.16. The van der Waals surface area contributed by atoms with Crippen molar-refractivity contribution in [3.63, 3.8) is 0 Å². The highest BCUT2D eigenvalue weighted by molar-refractivity contribution is 7.15. The molecule has 20 heavy (non-hydrogen) atoms. The van der Waals surface area contributed by atoms with Crippen LogP contribution >= 0.6 is 11.3 Å². The van der Waals surface area contributed by atoms with Crippen LogP contribution in [0.15, 0.2) is 5.38 Å². The molecule has 0 bridgehead atoms. The monoisotopic (exact) mass is 295 g/mol. The Morgan fingerprint density at radius 3 is 2.95 bits per heavy atom. The number of ether oxygens (including phenoxy) is 1. The van der Waals surface area contributed by atoms with E-state index in [0.29, 0.717) is 5.92 Å². The molecule has 0 saturated carbocycles. The average Bonchev–Trinajstić information content (AvgIpc) is 2.89. The summed E-state index contributed by atoms with van der Waals surface area (Å²) in [6, 6.07) is 0. The van der Waals surface area contributed by atoms with Gasteiger partial charge in [0, 0.05) is 30.8 Å². The summed E-state index contributed by atoms with van der Waals surface area (Å²) in [5.74, 6) is 0.618. The Labute approximate surface area is 125 Å². The largest absolute Gasteiger partial charge is 0.381 e. The number of fused-ring (bicyclic) bond motifs is 1. The summed E-state index contributed by atoms with van der Waals surface area (Å²) in [5.41, 5.74) is 3.67. The molecule has 2 rings (SSSR count). The standard InChI is InChI=1S/C15H25N3OS/c1-11(2)9-19-7-5-6-16-8-14-13(4)17-15-18(14)12(3)10-20-15/h10-11,16H,5-9H2,1-4H3. The van der Waals surface area contributed by atoms with Gasteiger partial charge in [0.05, 0.1) is 11.4 Å². The summed E-state index contributed by atoms with van der Waals surface area (Å²) in [6.45, 7) is 12.1. The minimum atomic E-state index is 0.618. The summed E-state index contributed by atoms with van der Waals surface area (Å²) >= 11 is 1.71. The Kier molecular flexibility index (Phi) is 5.57. The van der Waals surface area contributed by atoms with E-state index < -0.39 is 0 Å². The van der Waals surface area contributed by atoms with E-state index in [1.54, 1.807) is 11.3 Å². The summed E-state index contributed by atoms with van der Waals surface area (Å²) in [6.07, 6.45) is 1.05. The number of hydrogen-bond donors (Lipinski definition) is 1. The average molecular weight is 295 g/mol. The Morgan fingerprint density at radius 1 is 1.40 bits per heavy atom. The van der Waals surface area contributed by atoms with Gasteiger partial charge >= 0.3 is 0 Å². The lowest BCUT2D eigenvalue weighted by Crippen LogP contribution is -2.18. The lowest BCUT2D eigenvalue weighted by molar-refractivity contribution is 0.108. The molecular formula is C15H25N3OS. The quantitative estimate of drug-likeness (QED) is 0.760. The maximum absolute atomic E-state index is 5.58. The predicted octanol–water partition coefficient (Wildman–Crippen LogP) is 3.16. The fraction of sp³-hybridized carbons (Fsp3) is 0.667. The maximum atomic E-state index is 5.58. The summed E-state index contributed by atoms with van der Waals surface area (Å²) in [5, 5.41) is 5.65. The minimum Gasteiger partial charge on any atom is -0.381 e. The Balaban J connectivity index is 1.76. The Bertz CT molecular complexity index is 545. The van der Waals surface area contributed by atoms with Crippen LogP contribution in [0.5, 0.6) is 0 Å². The van der Waals surface area contributed by atoms with Gasteiger partial charge in [-0.05, 0) is 32.7 Å². The molecule has 4 nitrogen and oxygen atoms in total. The van der Waals surface area contributed by atoms with E-state index in [2.05, 4.69) is 47.8 Å². The molecule has 0 atom stereocenters. The molecule has 0 amide bonds. The number of hydrogen-bond acceptors (Lipinski definition) is 4. The van der Waals surface area contributed by atoms with Gasteiger partial charge in [0.25, 0.3) is 0 Å². The van der Waals surface area contributed by atoms with Gasteiger partial charge in [-0.25, -0.2) is 4.98 Å². The van der Waals surface area contributed by atoms with E-state index in [1.165, 1.54) is 11.4 Å². The highest BCUT2D eigenvalue weighted by atomic mass is 32.1. The highest BCUT2D eigenvalue weighted by Gasteiger charge is 2.11. The van der Waals surface area contributed by atoms with Crippen LogP contribution in [0, 0.1) is 19.8 Å². The van der Waals surface area contributed by atoms with Crippen molar-refractivity contribution in [2.75, 3.05) is 19.8 Å². The zero-order valence-electron chi connectivity index (χ0n) is 12.9. The van der Waals surface area contributed by atoms with E-state index in [1.807, 2.05) is 0 Å². The fourth-order valence-corrected chi connectivity index (χ4v) is 3.13. The normalized spacial score (nSPS) is 11.8. The number of aryl methyl sites for hydroxylation is 2. The van der Waals surface area contributed by atoms with E-state index >= 15 is 0 Å². The Hall–Kier alpha value is -0.910. The SMILES string of the molecule is Cc1nc2scc(C)n2c1CNCCCOCC(C)C. The molecule has 2 aromatic heterocycles. The van der Waals surface area contributed by atoms with Crippen molar-refractivity contribution in [3.05, 3.63) is 22.5 Å². The summed E-state index contributed by atoms with van der Waals surface area (Å²) in [4.78, 5) is 5.69. The number of nitrogens with one attached hydrogen (secondary N) is 1. The molecule has 2 heterocycles. The first-order valence-electron chi connectivity index (χ1n) is 7.30. The molecule has 0 spiro atoms. The first-order valence-corrected chi connectivity index (χ1v) is 8.18. The summed E-state index contributed by atoms with van der Waals surface area (Å²) < 4.78 is 7.83. The smallest absolute Gasteiger partial charge is 0.194 e. The van der Waals surface area contributed by atoms with Gasteiger partial charge in [-0.1, -0.05) is 13.8 Å². The molecule has 2 aromatic rings. The molecule has 0 radical (unpaired) electrons. The number of imidazole rings is 1. The van der Waals surface area contributed by atoms with Crippen LogP contribution in [0.1, 0.15) is 37.4 Å². The van der Waals surface area contributed by atoms with Crippen molar-refractivity contribution in [2.24, 2.45) is 5.92 Å². The molecule has 0 aromatic carbocycles. The predicted molar refractivity (Wildman–Crippen MR) is 84.5 cm³/mol. The summed E-state index contributed by atoms with van der Waals surface area (Å²) in [7, 11) is 0.